The zero-order chi connectivity index (χ0) is 12.7. The summed E-state index contributed by atoms with van der Waals surface area (Å²) in [7, 11) is 0. The van der Waals surface area contributed by atoms with Gasteiger partial charge in [-0.25, -0.2) is 15.8 Å². The van der Waals surface area contributed by atoms with E-state index in [4.69, 9.17) is 5.84 Å². The maximum Gasteiger partial charge on any atom is 0.145 e. The van der Waals surface area contributed by atoms with Gasteiger partial charge in [-0.15, -0.1) is 0 Å². The van der Waals surface area contributed by atoms with Crippen molar-refractivity contribution in [2.24, 2.45) is 5.84 Å². The Morgan fingerprint density at radius 3 is 2.71 bits per heavy atom. The van der Waals surface area contributed by atoms with Crippen LogP contribution in [0.4, 0.5) is 11.6 Å². The summed E-state index contributed by atoms with van der Waals surface area (Å²) < 4.78 is 0. The predicted molar refractivity (Wildman–Crippen MR) is 75.3 cm³/mol. The smallest absolute Gasteiger partial charge is 0.145 e. The first-order chi connectivity index (χ1) is 8.19. The minimum Gasteiger partial charge on any atom is -0.370 e. The summed E-state index contributed by atoms with van der Waals surface area (Å²) in [6, 6.07) is 1.82. The lowest BCUT2D eigenvalue weighted by Crippen LogP contribution is -2.13. The van der Waals surface area contributed by atoms with Crippen LogP contribution in [0.5, 0.6) is 0 Å². The second-order valence-corrected chi connectivity index (χ2v) is 5.09. The molecule has 5 nitrogen and oxygen atoms in total. The Kier molecular flexibility index (Phi) is 6.07. The fraction of sp³-hybridized carbons (Fsp3) is 0.636. The first-order valence-electron chi connectivity index (χ1n) is 5.80. The van der Waals surface area contributed by atoms with Crippen LogP contribution in [-0.2, 0) is 6.42 Å². The molecule has 0 aliphatic rings. The van der Waals surface area contributed by atoms with Gasteiger partial charge in [-0.1, -0.05) is 13.8 Å². The van der Waals surface area contributed by atoms with Crippen LogP contribution >= 0.6 is 11.8 Å². The molecule has 1 aromatic rings. The molecule has 1 atom stereocenters. The largest absolute Gasteiger partial charge is 0.370 e. The maximum absolute atomic E-state index is 5.37. The number of aromatic nitrogens is 2. The summed E-state index contributed by atoms with van der Waals surface area (Å²) in [6.45, 7) is 5.15. The molecule has 0 amide bonds. The van der Waals surface area contributed by atoms with E-state index in [-0.39, 0.29) is 0 Å². The van der Waals surface area contributed by atoms with Crippen molar-refractivity contribution in [1.82, 2.24) is 9.97 Å². The number of aryl methyl sites for hydroxylation is 1. The molecule has 0 aliphatic carbocycles. The number of hydrazine groups is 1. The zero-order valence-electron chi connectivity index (χ0n) is 10.7. The standard InChI is InChI=1S/C11H21N5S/c1-4-9-14-10(7-11(15-9)16-12)13-6-5-8(2)17-3/h7-8H,4-6,12H2,1-3H3,(H2,13,14,15,16). The molecule has 0 saturated carbocycles. The summed E-state index contributed by atoms with van der Waals surface area (Å²) in [5.74, 6) is 7.64. The Morgan fingerprint density at radius 1 is 1.41 bits per heavy atom. The van der Waals surface area contributed by atoms with Gasteiger partial charge in [0, 0.05) is 24.3 Å². The van der Waals surface area contributed by atoms with E-state index >= 15 is 0 Å². The van der Waals surface area contributed by atoms with Crippen LogP contribution in [0.1, 0.15) is 26.1 Å². The van der Waals surface area contributed by atoms with Crippen molar-refractivity contribution in [2.45, 2.75) is 31.9 Å². The molecule has 0 saturated heterocycles. The highest BCUT2D eigenvalue weighted by atomic mass is 32.2. The lowest BCUT2D eigenvalue weighted by Gasteiger charge is -2.11. The summed E-state index contributed by atoms with van der Waals surface area (Å²) in [5, 5.41) is 3.95. The Hall–Kier alpha value is -1.01. The molecule has 6 heteroatoms. The van der Waals surface area contributed by atoms with Gasteiger partial charge in [0.2, 0.25) is 0 Å². The molecule has 1 unspecified atom stereocenters. The van der Waals surface area contributed by atoms with Crippen LogP contribution in [0.2, 0.25) is 0 Å². The van der Waals surface area contributed by atoms with Gasteiger partial charge in [0.1, 0.15) is 17.5 Å². The minimum absolute atomic E-state index is 0.650. The molecule has 1 rings (SSSR count). The van der Waals surface area contributed by atoms with Crippen molar-refractivity contribution in [3.05, 3.63) is 11.9 Å². The molecular formula is C11H21N5S. The molecule has 0 fully saturated rings. The van der Waals surface area contributed by atoms with Crippen molar-refractivity contribution in [2.75, 3.05) is 23.5 Å². The number of nitrogens with zero attached hydrogens (tertiary/aromatic N) is 2. The Labute approximate surface area is 107 Å². The molecule has 96 valence electrons. The second kappa shape index (κ2) is 7.34. The van der Waals surface area contributed by atoms with E-state index in [2.05, 4.69) is 33.9 Å². The van der Waals surface area contributed by atoms with E-state index in [9.17, 15) is 0 Å². The van der Waals surface area contributed by atoms with E-state index < -0.39 is 0 Å². The van der Waals surface area contributed by atoms with Crippen molar-refractivity contribution in [3.8, 4) is 0 Å². The van der Waals surface area contributed by atoms with E-state index in [0.717, 1.165) is 31.0 Å². The molecule has 0 spiro atoms. The molecule has 1 heterocycles. The van der Waals surface area contributed by atoms with Crippen LogP contribution in [0.3, 0.4) is 0 Å². The Bertz CT molecular complexity index is 322. The summed E-state index contributed by atoms with van der Waals surface area (Å²) in [5.41, 5.74) is 2.56. The van der Waals surface area contributed by atoms with Gasteiger partial charge in [0.25, 0.3) is 0 Å². The number of hydrogen-bond donors (Lipinski definition) is 3. The zero-order valence-corrected chi connectivity index (χ0v) is 11.5. The first kappa shape index (κ1) is 14.1. The van der Waals surface area contributed by atoms with Gasteiger partial charge in [-0.3, -0.25) is 0 Å². The van der Waals surface area contributed by atoms with Gasteiger partial charge >= 0.3 is 0 Å². The summed E-state index contributed by atoms with van der Waals surface area (Å²) in [6.07, 6.45) is 4.03. The number of thioether (sulfide) groups is 1. The molecule has 17 heavy (non-hydrogen) atoms. The topological polar surface area (TPSA) is 75.9 Å². The predicted octanol–water partition coefficient (Wildman–Crippen LogP) is 1.88. The highest BCUT2D eigenvalue weighted by Crippen LogP contribution is 2.13. The molecule has 1 aromatic heterocycles. The average Bonchev–Trinajstić information content (AvgIpc) is 2.37. The van der Waals surface area contributed by atoms with Gasteiger partial charge in [-0.2, -0.15) is 11.8 Å². The first-order valence-corrected chi connectivity index (χ1v) is 7.09. The van der Waals surface area contributed by atoms with Gasteiger partial charge in [-0.05, 0) is 12.7 Å². The van der Waals surface area contributed by atoms with Crippen LogP contribution < -0.4 is 16.6 Å². The third kappa shape index (κ3) is 4.79. The summed E-state index contributed by atoms with van der Waals surface area (Å²) >= 11 is 1.87. The molecule has 0 bridgehead atoms. The Morgan fingerprint density at radius 2 is 2.12 bits per heavy atom. The van der Waals surface area contributed by atoms with Crippen LogP contribution in [0, 0.1) is 0 Å². The van der Waals surface area contributed by atoms with E-state index in [1.807, 2.05) is 24.8 Å². The number of nitrogens with one attached hydrogen (secondary N) is 2. The van der Waals surface area contributed by atoms with Crippen molar-refractivity contribution >= 4 is 23.4 Å². The molecule has 4 N–H and O–H groups in total. The van der Waals surface area contributed by atoms with E-state index in [0.29, 0.717) is 11.1 Å². The minimum atomic E-state index is 0.650. The summed E-state index contributed by atoms with van der Waals surface area (Å²) in [4.78, 5) is 8.64. The highest BCUT2D eigenvalue weighted by molar-refractivity contribution is 7.99. The SMILES string of the molecule is CCc1nc(NN)cc(NCCC(C)SC)n1. The average molecular weight is 255 g/mol. The molecular weight excluding hydrogens is 234 g/mol. The molecule has 0 radical (unpaired) electrons. The van der Waals surface area contributed by atoms with Crippen LogP contribution in [0.25, 0.3) is 0 Å². The fourth-order valence-electron chi connectivity index (χ4n) is 1.34. The fourth-order valence-corrected chi connectivity index (χ4v) is 1.69. The van der Waals surface area contributed by atoms with Crippen molar-refractivity contribution < 1.29 is 0 Å². The molecule has 0 aromatic carbocycles. The maximum atomic E-state index is 5.37. The number of hydrogen-bond acceptors (Lipinski definition) is 6. The third-order valence-electron chi connectivity index (χ3n) is 2.50. The highest BCUT2D eigenvalue weighted by Gasteiger charge is 2.03. The van der Waals surface area contributed by atoms with Gasteiger partial charge in [0.15, 0.2) is 0 Å². The number of anilines is 2. The normalized spacial score (nSPS) is 12.2. The Balaban J connectivity index is 2.57. The van der Waals surface area contributed by atoms with E-state index in [1.165, 1.54) is 0 Å². The van der Waals surface area contributed by atoms with Gasteiger partial charge < -0.3 is 10.7 Å². The van der Waals surface area contributed by atoms with Crippen LogP contribution in [-0.4, -0.2) is 28.0 Å². The lowest BCUT2D eigenvalue weighted by atomic mass is 10.3. The quantitative estimate of drug-likeness (QED) is 0.510. The second-order valence-electron chi connectivity index (χ2n) is 3.81. The van der Waals surface area contributed by atoms with Crippen molar-refractivity contribution in [3.63, 3.8) is 0 Å². The van der Waals surface area contributed by atoms with E-state index in [1.54, 1.807) is 0 Å². The number of nitrogen functional groups attached to an aromatic ring is 1. The molecule has 0 aliphatic heterocycles. The lowest BCUT2D eigenvalue weighted by molar-refractivity contribution is 0.844. The number of nitrogens with two attached hydrogens (primary N) is 1. The third-order valence-corrected chi connectivity index (χ3v) is 3.54. The number of rotatable bonds is 7. The van der Waals surface area contributed by atoms with Crippen LogP contribution in [0.15, 0.2) is 6.07 Å². The monoisotopic (exact) mass is 255 g/mol. The van der Waals surface area contributed by atoms with Gasteiger partial charge in [0.05, 0.1) is 0 Å². The van der Waals surface area contributed by atoms with Crippen molar-refractivity contribution in [1.29, 1.82) is 0 Å².